The number of carbonyl (C=O) groups is 2. The minimum atomic E-state index is -0.798. The molecular weight excluding hydrogens is 324 g/mol. The van der Waals surface area contributed by atoms with Crippen molar-refractivity contribution < 1.29 is 9.59 Å². The fourth-order valence-electron chi connectivity index (χ4n) is 3.63. The normalized spacial score (nSPS) is 17.9. The van der Waals surface area contributed by atoms with Crippen LogP contribution >= 0.6 is 0 Å². The zero-order chi connectivity index (χ0) is 18.2. The summed E-state index contributed by atoms with van der Waals surface area (Å²) < 4.78 is 0. The molecule has 140 valence electrons. The van der Waals surface area contributed by atoms with Crippen molar-refractivity contribution in [1.82, 2.24) is 10.6 Å². The van der Waals surface area contributed by atoms with E-state index in [1.54, 1.807) is 0 Å². The molecule has 2 N–H and O–H groups in total. The fourth-order valence-corrected chi connectivity index (χ4v) is 3.63. The first kappa shape index (κ1) is 18.7. The Morgan fingerprint density at radius 2 is 1.65 bits per heavy atom. The van der Waals surface area contributed by atoms with E-state index in [2.05, 4.69) is 28.8 Å². The highest BCUT2D eigenvalue weighted by Crippen LogP contribution is 2.46. The first-order valence-corrected chi connectivity index (χ1v) is 9.99. The molecule has 4 nitrogen and oxygen atoms in total. The van der Waals surface area contributed by atoms with Crippen LogP contribution in [0.15, 0.2) is 42.0 Å². The van der Waals surface area contributed by atoms with Crippen molar-refractivity contribution >= 4 is 11.8 Å². The smallest absolute Gasteiger partial charge is 0.235 e. The Morgan fingerprint density at radius 1 is 0.923 bits per heavy atom. The van der Waals surface area contributed by atoms with Gasteiger partial charge in [0.15, 0.2) is 0 Å². The molecule has 2 aliphatic carbocycles. The van der Waals surface area contributed by atoms with E-state index in [0.717, 1.165) is 25.7 Å². The van der Waals surface area contributed by atoms with Gasteiger partial charge in [-0.1, -0.05) is 42.0 Å². The van der Waals surface area contributed by atoms with Gasteiger partial charge in [0, 0.05) is 13.1 Å². The predicted molar refractivity (Wildman–Crippen MR) is 104 cm³/mol. The lowest BCUT2D eigenvalue weighted by Crippen LogP contribution is -2.43. The van der Waals surface area contributed by atoms with E-state index in [1.165, 1.54) is 30.4 Å². The largest absolute Gasteiger partial charge is 0.355 e. The zero-order valence-electron chi connectivity index (χ0n) is 15.6. The molecule has 0 aromatic heterocycles. The van der Waals surface area contributed by atoms with Crippen LogP contribution in [0.4, 0.5) is 0 Å². The second-order valence-electron chi connectivity index (χ2n) is 7.54. The SMILES string of the molecule is O=C(NCCCc1ccccc1)C1(C(=O)NCCC2=CCCCC2)CC1. The molecule has 0 saturated heterocycles. The van der Waals surface area contributed by atoms with Crippen LogP contribution in [-0.2, 0) is 16.0 Å². The Morgan fingerprint density at radius 3 is 2.31 bits per heavy atom. The van der Waals surface area contributed by atoms with Gasteiger partial charge in [0.2, 0.25) is 11.8 Å². The van der Waals surface area contributed by atoms with Crippen LogP contribution in [0.25, 0.3) is 0 Å². The molecule has 0 bridgehead atoms. The molecule has 26 heavy (non-hydrogen) atoms. The molecule has 0 aliphatic heterocycles. The van der Waals surface area contributed by atoms with Crippen LogP contribution in [0.5, 0.6) is 0 Å². The van der Waals surface area contributed by atoms with Crippen molar-refractivity contribution in [2.75, 3.05) is 13.1 Å². The highest BCUT2D eigenvalue weighted by atomic mass is 16.2. The molecule has 1 saturated carbocycles. The fraction of sp³-hybridized carbons (Fsp3) is 0.545. The number of benzene rings is 1. The highest BCUT2D eigenvalue weighted by molar-refractivity contribution is 6.07. The Labute approximate surface area is 156 Å². The van der Waals surface area contributed by atoms with Gasteiger partial charge >= 0.3 is 0 Å². The number of aryl methyl sites for hydroxylation is 1. The van der Waals surface area contributed by atoms with E-state index in [-0.39, 0.29) is 11.8 Å². The lowest BCUT2D eigenvalue weighted by atomic mass is 9.97. The first-order chi connectivity index (χ1) is 12.7. The zero-order valence-corrected chi connectivity index (χ0v) is 15.6. The Kier molecular flexibility index (Phi) is 6.48. The quantitative estimate of drug-likeness (QED) is 0.405. The molecule has 1 aromatic rings. The molecule has 0 heterocycles. The van der Waals surface area contributed by atoms with E-state index < -0.39 is 5.41 Å². The van der Waals surface area contributed by atoms with Crippen molar-refractivity contribution in [3.63, 3.8) is 0 Å². The molecule has 2 aliphatic rings. The van der Waals surface area contributed by atoms with Crippen LogP contribution in [0.3, 0.4) is 0 Å². The van der Waals surface area contributed by atoms with Gasteiger partial charge in [0.1, 0.15) is 5.41 Å². The highest BCUT2D eigenvalue weighted by Gasteiger charge is 2.56. The lowest BCUT2D eigenvalue weighted by molar-refractivity contribution is -0.137. The summed E-state index contributed by atoms with van der Waals surface area (Å²) in [5.74, 6) is -0.186. The summed E-state index contributed by atoms with van der Waals surface area (Å²) in [6, 6.07) is 10.3. The van der Waals surface area contributed by atoms with Crippen molar-refractivity contribution in [1.29, 1.82) is 0 Å². The summed E-state index contributed by atoms with van der Waals surface area (Å²) in [6.07, 6.45) is 11.3. The molecule has 3 rings (SSSR count). The molecule has 2 amide bonds. The number of hydrogen-bond donors (Lipinski definition) is 2. The summed E-state index contributed by atoms with van der Waals surface area (Å²) in [6.45, 7) is 1.27. The number of nitrogens with one attached hydrogen (secondary N) is 2. The van der Waals surface area contributed by atoms with Gasteiger partial charge in [-0.2, -0.15) is 0 Å². The molecule has 1 aromatic carbocycles. The Bertz CT molecular complexity index is 647. The van der Waals surface area contributed by atoms with E-state index in [1.807, 2.05) is 18.2 Å². The molecule has 0 unspecified atom stereocenters. The molecule has 4 heteroatoms. The summed E-state index contributed by atoms with van der Waals surface area (Å²) in [5, 5.41) is 5.95. The summed E-state index contributed by atoms with van der Waals surface area (Å²) >= 11 is 0. The van der Waals surface area contributed by atoms with Crippen LogP contribution < -0.4 is 10.6 Å². The minimum absolute atomic E-state index is 0.0885. The maximum atomic E-state index is 12.5. The maximum Gasteiger partial charge on any atom is 0.235 e. The van der Waals surface area contributed by atoms with Gasteiger partial charge in [0.25, 0.3) is 0 Å². The number of allylic oxidation sites excluding steroid dienone is 1. The van der Waals surface area contributed by atoms with Gasteiger partial charge in [-0.05, 0) is 63.4 Å². The van der Waals surface area contributed by atoms with Crippen LogP contribution in [0, 0.1) is 5.41 Å². The molecule has 0 radical (unpaired) electrons. The summed E-state index contributed by atoms with van der Waals surface area (Å²) in [7, 11) is 0. The van der Waals surface area contributed by atoms with Crippen LogP contribution in [-0.4, -0.2) is 24.9 Å². The first-order valence-electron chi connectivity index (χ1n) is 9.99. The van der Waals surface area contributed by atoms with Gasteiger partial charge in [0.05, 0.1) is 0 Å². The third kappa shape index (κ3) is 4.96. The van der Waals surface area contributed by atoms with E-state index in [0.29, 0.717) is 25.9 Å². The Balaban J connectivity index is 1.36. The number of carbonyl (C=O) groups excluding carboxylic acids is 2. The molecular formula is C22H30N2O2. The Hall–Kier alpha value is -2.10. The second kappa shape index (κ2) is 9.02. The van der Waals surface area contributed by atoms with Gasteiger partial charge in [-0.15, -0.1) is 0 Å². The van der Waals surface area contributed by atoms with E-state index >= 15 is 0 Å². The molecule has 0 spiro atoms. The minimum Gasteiger partial charge on any atom is -0.355 e. The van der Waals surface area contributed by atoms with Crippen molar-refractivity contribution in [2.24, 2.45) is 5.41 Å². The van der Waals surface area contributed by atoms with E-state index in [9.17, 15) is 9.59 Å². The van der Waals surface area contributed by atoms with Gasteiger partial charge in [-0.25, -0.2) is 0 Å². The monoisotopic (exact) mass is 354 g/mol. The number of hydrogen-bond acceptors (Lipinski definition) is 2. The standard InChI is InChI=1S/C22H30N2O2/c25-20(23-16-7-12-18-8-3-1-4-9-18)22(14-15-22)21(26)24-17-13-19-10-5-2-6-11-19/h1,3-4,8-10H,2,5-7,11-17H2,(H,23,25)(H,24,26). The summed E-state index contributed by atoms with van der Waals surface area (Å²) in [5.41, 5.74) is 1.93. The third-order valence-electron chi connectivity index (χ3n) is 5.51. The lowest BCUT2D eigenvalue weighted by Gasteiger charge is -2.17. The molecule has 0 atom stereocenters. The number of rotatable bonds is 9. The van der Waals surface area contributed by atoms with E-state index in [4.69, 9.17) is 0 Å². The third-order valence-corrected chi connectivity index (χ3v) is 5.51. The van der Waals surface area contributed by atoms with Gasteiger partial charge < -0.3 is 10.6 Å². The second-order valence-corrected chi connectivity index (χ2v) is 7.54. The topological polar surface area (TPSA) is 58.2 Å². The average molecular weight is 354 g/mol. The number of amides is 2. The average Bonchev–Trinajstić information content (AvgIpc) is 3.49. The summed E-state index contributed by atoms with van der Waals surface area (Å²) in [4.78, 5) is 24.9. The van der Waals surface area contributed by atoms with Crippen molar-refractivity contribution in [2.45, 2.75) is 57.8 Å². The molecule has 1 fully saturated rings. The predicted octanol–water partition coefficient (Wildman–Crippen LogP) is 3.52. The van der Waals surface area contributed by atoms with Crippen LogP contribution in [0.1, 0.15) is 56.9 Å². The van der Waals surface area contributed by atoms with Crippen molar-refractivity contribution in [3.8, 4) is 0 Å². The van der Waals surface area contributed by atoms with Crippen molar-refractivity contribution in [3.05, 3.63) is 47.5 Å². The van der Waals surface area contributed by atoms with Crippen LogP contribution in [0.2, 0.25) is 0 Å². The maximum absolute atomic E-state index is 12.5. The van der Waals surface area contributed by atoms with Gasteiger partial charge in [-0.3, -0.25) is 9.59 Å².